The number of benzene rings is 1. The summed E-state index contributed by atoms with van der Waals surface area (Å²) in [5.74, 6) is 0. The summed E-state index contributed by atoms with van der Waals surface area (Å²) in [4.78, 5) is 2.43. The van der Waals surface area contributed by atoms with Gasteiger partial charge in [0.05, 0.1) is 6.61 Å². The fourth-order valence-electron chi connectivity index (χ4n) is 2.97. The van der Waals surface area contributed by atoms with Gasteiger partial charge in [-0.25, -0.2) is 0 Å². The van der Waals surface area contributed by atoms with Crippen LogP contribution in [0.25, 0.3) is 10.9 Å². The van der Waals surface area contributed by atoms with Crippen LogP contribution in [0, 0.1) is 0 Å². The minimum absolute atomic E-state index is 0.601. The number of ether oxygens (including phenoxy) is 1. The second-order valence-corrected chi connectivity index (χ2v) is 5.31. The lowest BCUT2D eigenvalue weighted by Gasteiger charge is -2.13. The molecule has 0 unspecified atom stereocenters. The second kappa shape index (κ2) is 4.96. The first-order valence-electron chi connectivity index (χ1n) is 6.74. The van der Waals surface area contributed by atoms with Crippen LogP contribution in [0.1, 0.15) is 16.7 Å². The third-order valence-electron chi connectivity index (χ3n) is 4.01. The first-order chi connectivity index (χ1) is 9.22. The number of rotatable bonds is 4. The number of methoxy groups -OCH3 is 1. The van der Waals surface area contributed by atoms with Gasteiger partial charge in [0.2, 0.25) is 0 Å². The number of aromatic nitrogens is 1. The molecule has 3 rings (SSSR count). The van der Waals surface area contributed by atoms with Gasteiger partial charge in [-0.15, -0.1) is 0 Å². The number of nitrogens with two attached hydrogens (primary N) is 1. The van der Waals surface area contributed by atoms with Crippen LogP contribution in [0.2, 0.25) is 0 Å². The number of hydrogen-bond acceptors (Lipinski definition) is 3. The molecule has 2 N–H and O–H groups in total. The van der Waals surface area contributed by atoms with Gasteiger partial charge in [0.15, 0.2) is 0 Å². The zero-order valence-corrected chi connectivity index (χ0v) is 11.6. The van der Waals surface area contributed by atoms with E-state index >= 15 is 0 Å². The zero-order chi connectivity index (χ0) is 13.4. The number of nitrogens with zero attached hydrogens (tertiary/aromatic N) is 2. The maximum absolute atomic E-state index is 5.83. The van der Waals surface area contributed by atoms with Crippen molar-refractivity contribution in [3.8, 4) is 0 Å². The molecule has 4 nitrogen and oxygen atoms in total. The van der Waals surface area contributed by atoms with E-state index in [4.69, 9.17) is 10.5 Å². The van der Waals surface area contributed by atoms with Crippen molar-refractivity contribution in [3.05, 3.63) is 35.0 Å². The average molecular weight is 259 g/mol. The number of aryl methyl sites for hydroxylation is 1. The summed E-state index contributed by atoms with van der Waals surface area (Å²) in [6.07, 6.45) is 2.14. The van der Waals surface area contributed by atoms with E-state index in [1.165, 1.54) is 27.6 Å². The van der Waals surface area contributed by atoms with E-state index in [1.807, 2.05) is 0 Å². The smallest absolute Gasteiger partial charge is 0.0589 e. The summed E-state index contributed by atoms with van der Waals surface area (Å²) in [6.45, 7) is 4.43. The van der Waals surface area contributed by atoms with E-state index in [0.717, 1.165) is 26.2 Å². The first kappa shape index (κ1) is 12.7. The molecule has 0 saturated heterocycles. The van der Waals surface area contributed by atoms with Crippen molar-refractivity contribution < 1.29 is 4.74 Å². The van der Waals surface area contributed by atoms with Crippen molar-refractivity contribution in [1.82, 2.24) is 9.47 Å². The first-order valence-corrected chi connectivity index (χ1v) is 6.74. The number of hydrogen-bond donors (Lipinski definition) is 1. The van der Waals surface area contributed by atoms with Crippen LogP contribution < -0.4 is 5.73 Å². The molecule has 2 heterocycles. The minimum Gasteiger partial charge on any atom is -0.383 e. The van der Waals surface area contributed by atoms with Crippen molar-refractivity contribution in [2.45, 2.75) is 19.6 Å². The molecule has 2 aromatic rings. The van der Waals surface area contributed by atoms with Gasteiger partial charge in [-0.05, 0) is 28.8 Å². The minimum atomic E-state index is 0.601. The summed E-state index contributed by atoms with van der Waals surface area (Å²) < 4.78 is 7.33. The SMILES string of the molecule is COCCN1Cc2cc3c(CN)cn(C)c3cc2C1. The standard InChI is InChI=1S/C15H21N3O/c1-17-8-13(7-16)14-5-11-9-18(3-4-19-2)10-12(11)6-15(14)17/h5-6,8H,3-4,7,9-10,16H2,1-2H3. The molecular formula is C15H21N3O. The van der Waals surface area contributed by atoms with Crippen LogP contribution in [0.3, 0.4) is 0 Å². The molecule has 1 aromatic carbocycles. The second-order valence-electron chi connectivity index (χ2n) is 5.31. The highest BCUT2D eigenvalue weighted by Crippen LogP contribution is 2.30. The molecule has 0 radical (unpaired) electrons. The molecule has 0 aliphatic carbocycles. The lowest BCUT2D eigenvalue weighted by Crippen LogP contribution is -2.21. The van der Waals surface area contributed by atoms with Crippen molar-refractivity contribution >= 4 is 10.9 Å². The molecular weight excluding hydrogens is 238 g/mol. The van der Waals surface area contributed by atoms with Gasteiger partial charge in [0.25, 0.3) is 0 Å². The molecule has 0 saturated carbocycles. The van der Waals surface area contributed by atoms with Crippen LogP contribution in [0.15, 0.2) is 18.3 Å². The fourth-order valence-corrected chi connectivity index (χ4v) is 2.97. The third kappa shape index (κ3) is 2.16. The van der Waals surface area contributed by atoms with Gasteiger partial charge in [0.1, 0.15) is 0 Å². The number of fused-ring (bicyclic) bond motifs is 2. The van der Waals surface area contributed by atoms with Gasteiger partial charge in [0, 0.05) is 57.4 Å². The maximum Gasteiger partial charge on any atom is 0.0589 e. The highest BCUT2D eigenvalue weighted by atomic mass is 16.5. The van der Waals surface area contributed by atoms with Crippen LogP contribution in [0.4, 0.5) is 0 Å². The molecule has 19 heavy (non-hydrogen) atoms. The van der Waals surface area contributed by atoms with Gasteiger partial charge >= 0.3 is 0 Å². The van der Waals surface area contributed by atoms with Gasteiger partial charge in [-0.2, -0.15) is 0 Å². The van der Waals surface area contributed by atoms with E-state index < -0.39 is 0 Å². The molecule has 0 amide bonds. The molecule has 4 heteroatoms. The monoisotopic (exact) mass is 259 g/mol. The predicted octanol–water partition coefficient (Wildman–Crippen LogP) is 1.60. The lowest BCUT2D eigenvalue weighted by atomic mass is 10.1. The van der Waals surface area contributed by atoms with Gasteiger partial charge in [-0.1, -0.05) is 0 Å². The van der Waals surface area contributed by atoms with Crippen molar-refractivity contribution in [2.24, 2.45) is 12.8 Å². The Morgan fingerprint density at radius 3 is 2.68 bits per heavy atom. The van der Waals surface area contributed by atoms with Crippen LogP contribution in [-0.4, -0.2) is 29.7 Å². The molecule has 1 aliphatic heterocycles. The Morgan fingerprint density at radius 1 is 1.26 bits per heavy atom. The summed E-state index contributed by atoms with van der Waals surface area (Å²) >= 11 is 0. The van der Waals surface area contributed by atoms with E-state index in [9.17, 15) is 0 Å². The Balaban J connectivity index is 1.95. The summed E-state index contributed by atoms with van der Waals surface area (Å²) in [5.41, 5.74) is 11.2. The molecule has 1 aliphatic rings. The quantitative estimate of drug-likeness (QED) is 0.907. The van der Waals surface area contributed by atoms with Crippen molar-refractivity contribution in [2.75, 3.05) is 20.3 Å². The molecule has 1 aromatic heterocycles. The predicted molar refractivity (Wildman–Crippen MR) is 76.8 cm³/mol. The van der Waals surface area contributed by atoms with Gasteiger partial charge < -0.3 is 15.0 Å². The summed E-state index contributed by atoms with van der Waals surface area (Å²) in [7, 11) is 3.84. The maximum atomic E-state index is 5.83. The summed E-state index contributed by atoms with van der Waals surface area (Å²) in [5, 5.41) is 1.30. The third-order valence-corrected chi connectivity index (χ3v) is 4.01. The van der Waals surface area contributed by atoms with Crippen LogP contribution >= 0.6 is 0 Å². The highest BCUT2D eigenvalue weighted by Gasteiger charge is 2.20. The molecule has 0 fully saturated rings. The van der Waals surface area contributed by atoms with Crippen LogP contribution in [-0.2, 0) is 31.4 Å². The Hall–Kier alpha value is -1.36. The lowest BCUT2D eigenvalue weighted by molar-refractivity contribution is 0.147. The topological polar surface area (TPSA) is 43.4 Å². The molecule has 0 bridgehead atoms. The normalized spacial score (nSPS) is 15.3. The Bertz CT molecular complexity index is 603. The zero-order valence-electron chi connectivity index (χ0n) is 11.6. The van der Waals surface area contributed by atoms with Crippen LogP contribution in [0.5, 0.6) is 0 Å². The van der Waals surface area contributed by atoms with E-state index in [1.54, 1.807) is 7.11 Å². The Kier molecular flexibility index (Phi) is 3.31. The van der Waals surface area contributed by atoms with Gasteiger partial charge in [-0.3, -0.25) is 4.90 Å². The van der Waals surface area contributed by atoms with Crippen molar-refractivity contribution in [1.29, 1.82) is 0 Å². The molecule has 0 spiro atoms. The molecule has 102 valence electrons. The fraction of sp³-hybridized carbons (Fsp3) is 0.467. The van der Waals surface area contributed by atoms with Crippen molar-refractivity contribution in [3.63, 3.8) is 0 Å². The Labute approximate surface area is 113 Å². The highest BCUT2D eigenvalue weighted by molar-refractivity contribution is 5.85. The van der Waals surface area contributed by atoms with E-state index in [2.05, 4.69) is 34.8 Å². The molecule has 0 atom stereocenters. The average Bonchev–Trinajstić information content (AvgIpc) is 2.95. The Morgan fingerprint density at radius 2 is 2.00 bits per heavy atom. The van der Waals surface area contributed by atoms with E-state index in [0.29, 0.717) is 6.54 Å². The van der Waals surface area contributed by atoms with E-state index in [-0.39, 0.29) is 0 Å². The largest absolute Gasteiger partial charge is 0.383 e. The summed E-state index contributed by atoms with van der Waals surface area (Å²) in [6, 6.07) is 4.64.